The lowest BCUT2D eigenvalue weighted by Crippen LogP contribution is -1.95. The molecule has 0 saturated carbocycles. The van der Waals surface area contributed by atoms with E-state index in [4.69, 9.17) is 11.0 Å². The molecule has 76 valence electrons. The quantitative estimate of drug-likeness (QED) is 0.446. The highest BCUT2D eigenvalue weighted by molar-refractivity contribution is 5.88. The van der Waals surface area contributed by atoms with Gasteiger partial charge in [0.25, 0.3) is 0 Å². The highest BCUT2D eigenvalue weighted by Gasteiger charge is 1.98. The summed E-state index contributed by atoms with van der Waals surface area (Å²) < 4.78 is 4.44. The summed E-state index contributed by atoms with van der Waals surface area (Å²) in [5.41, 5.74) is 7.29. The highest BCUT2D eigenvalue weighted by Crippen LogP contribution is 2.15. The summed E-state index contributed by atoms with van der Waals surface area (Å²) in [6.07, 6.45) is 2.77. The summed E-state index contributed by atoms with van der Waals surface area (Å²) in [5.74, 6) is -0.461. The van der Waals surface area contributed by atoms with Crippen LogP contribution in [0.3, 0.4) is 0 Å². The number of nitrogens with zero attached hydrogens (tertiary/aromatic N) is 1. The Hall–Kier alpha value is -2.28. The van der Waals surface area contributed by atoms with Gasteiger partial charge in [0.2, 0.25) is 0 Å². The van der Waals surface area contributed by atoms with Crippen LogP contribution >= 0.6 is 0 Å². The van der Waals surface area contributed by atoms with Gasteiger partial charge in [-0.2, -0.15) is 5.26 Å². The molecule has 4 nitrogen and oxygen atoms in total. The molecule has 4 heteroatoms. The van der Waals surface area contributed by atoms with E-state index in [2.05, 4.69) is 4.74 Å². The molecule has 0 amide bonds. The lowest BCUT2D eigenvalue weighted by Gasteiger charge is -1.99. The molecular formula is C11H10N2O2. The Morgan fingerprint density at radius 2 is 2.33 bits per heavy atom. The van der Waals surface area contributed by atoms with Gasteiger partial charge in [-0.3, -0.25) is 0 Å². The number of hydrogen-bond donors (Lipinski definition) is 1. The molecule has 2 N–H and O–H groups in total. The van der Waals surface area contributed by atoms with E-state index in [9.17, 15) is 4.79 Å². The Morgan fingerprint density at radius 3 is 2.93 bits per heavy atom. The fourth-order valence-electron chi connectivity index (χ4n) is 1.01. The predicted molar refractivity (Wildman–Crippen MR) is 56.6 cm³/mol. The number of nitriles is 1. The van der Waals surface area contributed by atoms with Crippen molar-refractivity contribution in [1.29, 1.82) is 5.26 Å². The van der Waals surface area contributed by atoms with Crippen LogP contribution in [0.25, 0.3) is 6.08 Å². The zero-order valence-electron chi connectivity index (χ0n) is 8.23. The number of carbonyl (C=O) groups is 1. The van der Waals surface area contributed by atoms with Gasteiger partial charge in [0.1, 0.15) is 0 Å². The predicted octanol–water partition coefficient (Wildman–Crippen LogP) is 1.33. The molecule has 0 radical (unpaired) electrons. The van der Waals surface area contributed by atoms with Crippen LogP contribution in [0.1, 0.15) is 11.1 Å². The van der Waals surface area contributed by atoms with E-state index in [0.29, 0.717) is 16.8 Å². The van der Waals surface area contributed by atoms with Crippen molar-refractivity contribution in [3.05, 3.63) is 35.4 Å². The molecule has 1 aromatic carbocycles. The highest BCUT2D eigenvalue weighted by atomic mass is 16.5. The summed E-state index contributed by atoms with van der Waals surface area (Å²) in [4.78, 5) is 10.8. The first-order valence-corrected chi connectivity index (χ1v) is 4.23. The van der Waals surface area contributed by atoms with Crippen LogP contribution in [0.5, 0.6) is 0 Å². The second kappa shape index (κ2) is 4.82. The van der Waals surface area contributed by atoms with E-state index >= 15 is 0 Å². The summed E-state index contributed by atoms with van der Waals surface area (Å²) in [5, 5.41) is 8.67. The normalized spacial score (nSPS) is 9.87. The molecule has 0 fully saturated rings. The minimum absolute atomic E-state index is 0.461. The summed E-state index contributed by atoms with van der Waals surface area (Å²) in [6, 6.07) is 6.83. The SMILES string of the molecule is COC(=O)/C=C/c1cc(C#N)ccc1N. The zero-order valence-corrected chi connectivity index (χ0v) is 8.23. The van der Waals surface area contributed by atoms with Gasteiger partial charge in [-0.25, -0.2) is 4.79 Å². The maximum absolute atomic E-state index is 10.8. The summed E-state index contributed by atoms with van der Waals surface area (Å²) in [7, 11) is 1.29. The smallest absolute Gasteiger partial charge is 0.330 e. The van der Waals surface area contributed by atoms with Crippen LogP contribution in [-0.4, -0.2) is 13.1 Å². The fraction of sp³-hybridized carbons (Fsp3) is 0.0909. The molecule has 0 aliphatic carbocycles. The van der Waals surface area contributed by atoms with Gasteiger partial charge in [0, 0.05) is 11.8 Å². The van der Waals surface area contributed by atoms with Crippen LogP contribution in [0.15, 0.2) is 24.3 Å². The fourth-order valence-corrected chi connectivity index (χ4v) is 1.01. The van der Waals surface area contributed by atoms with Crippen molar-refractivity contribution in [2.24, 2.45) is 0 Å². The minimum atomic E-state index is -0.461. The Morgan fingerprint density at radius 1 is 1.60 bits per heavy atom. The third-order valence-electron chi connectivity index (χ3n) is 1.82. The average Bonchev–Trinajstić information content (AvgIpc) is 2.27. The van der Waals surface area contributed by atoms with Crippen molar-refractivity contribution >= 4 is 17.7 Å². The number of benzene rings is 1. The Labute approximate surface area is 87.6 Å². The number of ether oxygens (including phenoxy) is 1. The summed E-state index contributed by atoms with van der Waals surface area (Å²) >= 11 is 0. The van der Waals surface area contributed by atoms with Gasteiger partial charge in [-0.15, -0.1) is 0 Å². The van der Waals surface area contributed by atoms with Crippen LogP contribution in [-0.2, 0) is 9.53 Å². The molecule has 1 aromatic rings. The van der Waals surface area contributed by atoms with E-state index in [0.717, 1.165) is 0 Å². The molecule has 15 heavy (non-hydrogen) atoms. The molecule has 0 bridgehead atoms. The molecule has 0 aromatic heterocycles. The maximum atomic E-state index is 10.8. The first-order chi connectivity index (χ1) is 7.17. The van der Waals surface area contributed by atoms with Crippen molar-refractivity contribution in [3.63, 3.8) is 0 Å². The first kappa shape index (κ1) is 10.8. The molecule has 0 aliphatic heterocycles. The van der Waals surface area contributed by atoms with E-state index in [1.54, 1.807) is 18.2 Å². The van der Waals surface area contributed by atoms with Crippen molar-refractivity contribution < 1.29 is 9.53 Å². The Kier molecular flexibility index (Phi) is 3.47. The van der Waals surface area contributed by atoms with Crippen molar-refractivity contribution in [2.75, 3.05) is 12.8 Å². The molecule has 0 spiro atoms. The standard InChI is InChI=1S/C11H10N2O2/c1-15-11(14)5-3-9-6-8(7-12)2-4-10(9)13/h2-6H,13H2,1H3/b5-3+. The molecule has 0 heterocycles. The van der Waals surface area contributed by atoms with Crippen molar-refractivity contribution in [1.82, 2.24) is 0 Å². The third kappa shape index (κ3) is 2.85. The Bertz CT molecular complexity index is 444. The number of hydrogen-bond acceptors (Lipinski definition) is 4. The zero-order chi connectivity index (χ0) is 11.3. The first-order valence-electron chi connectivity index (χ1n) is 4.23. The van der Waals surface area contributed by atoms with Gasteiger partial charge >= 0.3 is 5.97 Å². The van der Waals surface area contributed by atoms with Crippen LogP contribution in [0, 0.1) is 11.3 Å². The van der Waals surface area contributed by atoms with Crippen molar-refractivity contribution in [2.45, 2.75) is 0 Å². The monoisotopic (exact) mass is 202 g/mol. The Balaban J connectivity index is 2.99. The molecule has 0 saturated heterocycles. The van der Waals surface area contributed by atoms with Crippen LogP contribution in [0.2, 0.25) is 0 Å². The van der Waals surface area contributed by atoms with E-state index in [1.807, 2.05) is 6.07 Å². The third-order valence-corrected chi connectivity index (χ3v) is 1.82. The largest absolute Gasteiger partial charge is 0.466 e. The van der Waals surface area contributed by atoms with E-state index in [1.165, 1.54) is 19.3 Å². The van der Waals surface area contributed by atoms with E-state index in [-0.39, 0.29) is 0 Å². The molecule has 1 rings (SSSR count). The van der Waals surface area contributed by atoms with Crippen LogP contribution < -0.4 is 5.73 Å². The van der Waals surface area contributed by atoms with Gasteiger partial charge in [-0.05, 0) is 29.8 Å². The number of carbonyl (C=O) groups excluding carboxylic acids is 1. The summed E-state index contributed by atoms with van der Waals surface area (Å²) in [6.45, 7) is 0. The average molecular weight is 202 g/mol. The molecular weight excluding hydrogens is 192 g/mol. The topological polar surface area (TPSA) is 76.1 Å². The van der Waals surface area contributed by atoms with Gasteiger partial charge < -0.3 is 10.5 Å². The second-order valence-electron chi connectivity index (χ2n) is 2.81. The number of nitrogens with two attached hydrogens (primary N) is 1. The second-order valence-corrected chi connectivity index (χ2v) is 2.81. The number of nitrogen functional groups attached to an aromatic ring is 1. The number of methoxy groups -OCH3 is 1. The molecule has 0 atom stereocenters. The van der Waals surface area contributed by atoms with Crippen molar-refractivity contribution in [3.8, 4) is 6.07 Å². The van der Waals surface area contributed by atoms with Gasteiger partial charge in [0.15, 0.2) is 0 Å². The lowest BCUT2D eigenvalue weighted by molar-refractivity contribution is -0.134. The molecule has 0 unspecified atom stereocenters. The minimum Gasteiger partial charge on any atom is -0.466 e. The van der Waals surface area contributed by atoms with Gasteiger partial charge in [0.05, 0.1) is 18.7 Å². The lowest BCUT2D eigenvalue weighted by atomic mass is 10.1. The van der Waals surface area contributed by atoms with Gasteiger partial charge in [-0.1, -0.05) is 0 Å². The maximum Gasteiger partial charge on any atom is 0.330 e. The number of anilines is 1. The molecule has 0 aliphatic rings. The number of rotatable bonds is 2. The van der Waals surface area contributed by atoms with Crippen LogP contribution in [0.4, 0.5) is 5.69 Å². The number of esters is 1. The van der Waals surface area contributed by atoms with E-state index < -0.39 is 5.97 Å².